The Morgan fingerprint density at radius 2 is 1.60 bits per heavy atom. The van der Waals surface area contributed by atoms with E-state index in [1.54, 1.807) is 38.4 Å². The van der Waals surface area contributed by atoms with Crippen LogP contribution in [0.2, 0.25) is 0 Å². The van der Waals surface area contributed by atoms with Crippen molar-refractivity contribution in [1.82, 2.24) is 0 Å². The number of methoxy groups -OCH3 is 1. The molecule has 0 aliphatic heterocycles. The molecule has 7 heteroatoms. The SMILES string of the molecule is COc1ccc(N(CCC(=O)N(C)c2ccccc2)S(C)(=O)=O)cc1. The maximum atomic E-state index is 12.4. The maximum Gasteiger partial charge on any atom is 0.232 e. The summed E-state index contributed by atoms with van der Waals surface area (Å²) >= 11 is 0. The number of carbonyl (C=O) groups is 1. The molecule has 0 aliphatic carbocycles. The second kappa shape index (κ2) is 8.02. The van der Waals surface area contributed by atoms with Crippen LogP contribution in [-0.2, 0) is 14.8 Å². The highest BCUT2D eigenvalue weighted by Gasteiger charge is 2.20. The molecule has 0 unspecified atom stereocenters. The van der Waals surface area contributed by atoms with Gasteiger partial charge in [-0.15, -0.1) is 0 Å². The lowest BCUT2D eigenvalue weighted by atomic mass is 10.2. The van der Waals surface area contributed by atoms with Gasteiger partial charge in [0.25, 0.3) is 0 Å². The zero-order valence-electron chi connectivity index (χ0n) is 14.5. The Labute approximate surface area is 148 Å². The molecule has 0 aromatic heterocycles. The Kier molecular flexibility index (Phi) is 6.03. The molecule has 0 radical (unpaired) electrons. The van der Waals surface area contributed by atoms with Gasteiger partial charge in [-0.05, 0) is 36.4 Å². The molecule has 0 saturated heterocycles. The van der Waals surface area contributed by atoms with Crippen molar-refractivity contribution in [2.24, 2.45) is 0 Å². The summed E-state index contributed by atoms with van der Waals surface area (Å²) in [5, 5.41) is 0. The van der Waals surface area contributed by atoms with Crippen LogP contribution in [0, 0.1) is 0 Å². The number of anilines is 2. The predicted octanol–water partition coefficient (Wildman–Crippen LogP) is 2.51. The minimum Gasteiger partial charge on any atom is -0.497 e. The molecule has 0 atom stereocenters. The Bertz CT molecular complexity index is 805. The van der Waals surface area contributed by atoms with Crippen molar-refractivity contribution in [3.05, 3.63) is 54.6 Å². The van der Waals surface area contributed by atoms with E-state index < -0.39 is 10.0 Å². The number of rotatable bonds is 7. The number of benzene rings is 2. The normalized spacial score (nSPS) is 11.0. The van der Waals surface area contributed by atoms with Gasteiger partial charge in [0.1, 0.15) is 5.75 Å². The number of carbonyl (C=O) groups excluding carboxylic acids is 1. The molecular weight excluding hydrogens is 340 g/mol. The van der Waals surface area contributed by atoms with Gasteiger partial charge in [0, 0.05) is 25.7 Å². The number of nitrogens with zero attached hydrogens (tertiary/aromatic N) is 2. The summed E-state index contributed by atoms with van der Waals surface area (Å²) in [7, 11) is -0.282. The molecule has 0 saturated carbocycles. The Balaban J connectivity index is 2.11. The van der Waals surface area contributed by atoms with Crippen molar-refractivity contribution < 1.29 is 17.9 Å². The monoisotopic (exact) mass is 362 g/mol. The molecule has 2 rings (SSSR count). The van der Waals surface area contributed by atoms with Crippen molar-refractivity contribution in [3.8, 4) is 5.75 Å². The molecule has 0 spiro atoms. The molecule has 0 aliphatic rings. The predicted molar refractivity (Wildman–Crippen MR) is 99.7 cm³/mol. The van der Waals surface area contributed by atoms with Crippen LogP contribution in [0.5, 0.6) is 5.75 Å². The van der Waals surface area contributed by atoms with Crippen molar-refractivity contribution >= 4 is 27.3 Å². The van der Waals surface area contributed by atoms with Crippen LogP contribution in [0.25, 0.3) is 0 Å². The smallest absolute Gasteiger partial charge is 0.232 e. The number of sulfonamides is 1. The van der Waals surface area contributed by atoms with Crippen LogP contribution in [0.4, 0.5) is 11.4 Å². The van der Waals surface area contributed by atoms with E-state index in [4.69, 9.17) is 4.74 Å². The number of amides is 1. The fourth-order valence-electron chi connectivity index (χ4n) is 2.40. The second-order valence-electron chi connectivity index (χ2n) is 5.57. The molecule has 0 N–H and O–H groups in total. The molecule has 0 fully saturated rings. The van der Waals surface area contributed by atoms with Crippen LogP contribution >= 0.6 is 0 Å². The lowest BCUT2D eigenvalue weighted by Gasteiger charge is -2.24. The van der Waals surface area contributed by atoms with Gasteiger partial charge in [0.2, 0.25) is 15.9 Å². The van der Waals surface area contributed by atoms with Crippen molar-refractivity contribution in [1.29, 1.82) is 0 Å². The van der Waals surface area contributed by atoms with E-state index in [0.29, 0.717) is 11.4 Å². The Morgan fingerprint density at radius 1 is 1.00 bits per heavy atom. The summed E-state index contributed by atoms with van der Waals surface area (Å²) in [6, 6.07) is 15.9. The number of hydrogen-bond donors (Lipinski definition) is 0. The number of ether oxygens (including phenoxy) is 1. The molecule has 6 nitrogen and oxygen atoms in total. The van der Waals surface area contributed by atoms with Crippen LogP contribution in [0.3, 0.4) is 0 Å². The summed E-state index contributed by atoms with van der Waals surface area (Å²) < 4.78 is 30.5. The lowest BCUT2D eigenvalue weighted by Crippen LogP contribution is -2.35. The van der Waals surface area contributed by atoms with Gasteiger partial charge < -0.3 is 9.64 Å². The summed E-state index contributed by atoms with van der Waals surface area (Å²) in [5.41, 5.74) is 1.27. The molecule has 134 valence electrons. The zero-order valence-corrected chi connectivity index (χ0v) is 15.4. The van der Waals surface area contributed by atoms with Gasteiger partial charge in [-0.2, -0.15) is 0 Å². The van der Waals surface area contributed by atoms with E-state index in [1.165, 1.54) is 9.21 Å². The fourth-order valence-corrected chi connectivity index (χ4v) is 3.32. The molecule has 1 amide bonds. The molecule has 0 bridgehead atoms. The van der Waals surface area contributed by atoms with Gasteiger partial charge in [-0.1, -0.05) is 18.2 Å². The first-order chi connectivity index (χ1) is 11.8. The maximum absolute atomic E-state index is 12.4. The molecule has 2 aromatic carbocycles. The topological polar surface area (TPSA) is 66.9 Å². The summed E-state index contributed by atoms with van der Waals surface area (Å²) in [6.45, 7) is 0.0706. The van der Waals surface area contributed by atoms with Gasteiger partial charge in [0.15, 0.2) is 0 Å². The highest BCUT2D eigenvalue weighted by molar-refractivity contribution is 7.92. The highest BCUT2D eigenvalue weighted by Crippen LogP contribution is 2.22. The van der Waals surface area contributed by atoms with Crippen molar-refractivity contribution in [2.75, 3.05) is 36.2 Å². The highest BCUT2D eigenvalue weighted by atomic mass is 32.2. The Hall–Kier alpha value is -2.54. The molecule has 25 heavy (non-hydrogen) atoms. The molecular formula is C18H22N2O4S. The van der Waals surface area contributed by atoms with E-state index in [9.17, 15) is 13.2 Å². The number of para-hydroxylation sites is 1. The zero-order chi connectivity index (χ0) is 18.4. The van der Waals surface area contributed by atoms with E-state index in [2.05, 4.69) is 0 Å². The minimum absolute atomic E-state index is 0.0706. The fraction of sp³-hybridized carbons (Fsp3) is 0.278. The largest absolute Gasteiger partial charge is 0.497 e. The van der Waals surface area contributed by atoms with E-state index in [0.717, 1.165) is 11.9 Å². The van der Waals surface area contributed by atoms with Crippen LogP contribution in [-0.4, -0.2) is 41.3 Å². The van der Waals surface area contributed by atoms with Gasteiger partial charge >= 0.3 is 0 Å². The first-order valence-electron chi connectivity index (χ1n) is 7.76. The van der Waals surface area contributed by atoms with Gasteiger partial charge in [-0.3, -0.25) is 9.10 Å². The minimum atomic E-state index is -3.50. The molecule has 2 aromatic rings. The Morgan fingerprint density at radius 3 is 2.12 bits per heavy atom. The van der Waals surface area contributed by atoms with E-state index in [-0.39, 0.29) is 18.9 Å². The second-order valence-corrected chi connectivity index (χ2v) is 7.48. The van der Waals surface area contributed by atoms with Crippen LogP contribution in [0.15, 0.2) is 54.6 Å². The average molecular weight is 362 g/mol. The average Bonchev–Trinajstić information content (AvgIpc) is 2.61. The van der Waals surface area contributed by atoms with Gasteiger partial charge in [-0.25, -0.2) is 8.42 Å². The third kappa shape index (κ3) is 4.96. The van der Waals surface area contributed by atoms with E-state index >= 15 is 0 Å². The quantitative estimate of drug-likeness (QED) is 0.759. The summed E-state index contributed by atoms with van der Waals surface area (Å²) in [6.07, 6.45) is 1.20. The summed E-state index contributed by atoms with van der Waals surface area (Å²) in [4.78, 5) is 13.9. The summed E-state index contributed by atoms with van der Waals surface area (Å²) in [5.74, 6) is 0.477. The molecule has 0 heterocycles. The third-order valence-corrected chi connectivity index (χ3v) is 5.00. The van der Waals surface area contributed by atoms with E-state index in [1.807, 2.05) is 30.3 Å². The van der Waals surface area contributed by atoms with Crippen molar-refractivity contribution in [2.45, 2.75) is 6.42 Å². The van der Waals surface area contributed by atoms with Crippen molar-refractivity contribution in [3.63, 3.8) is 0 Å². The first kappa shape index (κ1) is 18.8. The number of hydrogen-bond acceptors (Lipinski definition) is 4. The lowest BCUT2D eigenvalue weighted by molar-refractivity contribution is -0.118. The standard InChI is InChI=1S/C18H22N2O4S/c1-19(15-7-5-4-6-8-15)18(21)13-14-20(25(3,22)23)16-9-11-17(24-2)12-10-16/h4-12H,13-14H2,1-3H3. The van der Waals surface area contributed by atoms with Crippen LogP contribution in [0.1, 0.15) is 6.42 Å². The first-order valence-corrected chi connectivity index (χ1v) is 9.61. The third-order valence-electron chi connectivity index (χ3n) is 3.81. The van der Waals surface area contributed by atoms with Gasteiger partial charge in [0.05, 0.1) is 19.1 Å². The van der Waals surface area contributed by atoms with Crippen LogP contribution < -0.4 is 13.9 Å².